The third-order valence-corrected chi connectivity index (χ3v) is 6.52. The molecule has 4 aliphatic carbocycles. The van der Waals surface area contributed by atoms with Crippen molar-refractivity contribution < 1.29 is 9.47 Å². The molecule has 2 heteroatoms. The maximum atomic E-state index is 5.36. The van der Waals surface area contributed by atoms with Gasteiger partial charge in [0.2, 0.25) is 0 Å². The van der Waals surface area contributed by atoms with Gasteiger partial charge < -0.3 is 9.47 Å². The number of hydrogen-bond acceptors (Lipinski definition) is 2. The van der Waals surface area contributed by atoms with Crippen LogP contribution in [-0.2, 0) is 25.7 Å². The number of aryl methyl sites for hydroxylation is 4. The molecule has 0 radical (unpaired) electrons. The first-order valence-corrected chi connectivity index (χ1v) is 11.3. The number of rotatable bonds is 4. The number of hydrogen-bond donors (Lipinski definition) is 0. The van der Waals surface area contributed by atoms with Gasteiger partial charge in [-0.15, -0.1) is 0 Å². The highest BCUT2D eigenvalue weighted by atomic mass is 16.5. The average Bonchev–Trinajstić information content (AvgIpc) is 2.85. The Kier molecular flexibility index (Phi) is 5.68. The molecule has 0 fully saturated rings. The van der Waals surface area contributed by atoms with Crippen molar-refractivity contribution in [3.05, 3.63) is 107 Å². The molecule has 4 aromatic rings. The van der Waals surface area contributed by atoms with Gasteiger partial charge in [0.15, 0.2) is 0 Å². The van der Waals surface area contributed by atoms with Gasteiger partial charge in [-0.1, -0.05) is 60.7 Å². The Bertz CT molecular complexity index is 1120. The Labute approximate surface area is 190 Å². The Morgan fingerprint density at radius 2 is 0.875 bits per heavy atom. The molecule has 8 rings (SSSR count). The van der Waals surface area contributed by atoms with Gasteiger partial charge in [-0.2, -0.15) is 0 Å². The third-order valence-electron chi connectivity index (χ3n) is 6.52. The standard InChI is InChI=1S/C30H28O2/c1-31-27-15-11-25(12-16-27)29-19-21-3-4-22-6-8-24(10-9-23(29)7-5-21)30(20-22)26-13-17-28(32-2)18-14-26/h5-8,11-20H,3-4,9-10H2,1-2H3. The monoisotopic (exact) mass is 420 g/mol. The van der Waals surface area contributed by atoms with E-state index in [1.807, 2.05) is 0 Å². The molecule has 0 heterocycles. The van der Waals surface area contributed by atoms with E-state index >= 15 is 0 Å². The minimum Gasteiger partial charge on any atom is -0.497 e. The summed E-state index contributed by atoms with van der Waals surface area (Å²) in [6.07, 6.45) is 4.07. The lowest BCUT2D eigenvalue weighted by molar-refractivity contribution is 0.415. The van der Waals surface area contributed by atoms with E-state index in [0.29, 0.717) is 0 Å². The topological polar surface area (TPSA) is 18.5 Å². The van der Waals surface area contributed by atoms with Crippen molar-refractivity contribution in [3.8, 4) is 33.8 Å². The minimum atomic E-state index is 0.893. The quantitative estimate of drug-likeness (QED) is 0.357. The summed E-state index contributed by atoms with van der Waals surface area (Å²) < 4.78 is 10.7. The van der Waals surface area contributed by atoms with Gasteiger partial charge in [0, 0.05) is 0 Å². The molecule has 4 aliphatic rings. The van der Waals surface area contributed by atoms with Crippen molar-refractivity contribution >= 4 is 0 Å². The number of benzene rings is 4. The van der Waals surface area contributed by atoms with Gasteiger partial charge in [0.25, 0.3) is 0 Å². The SMILES string of the molecule is COc1ccc(-c2cc3ccc2CCc2ccc(cc2-c2ccc(OC)cc2)CC3)cc1. The second kappa shape index (κ2) is 8.92. The summed E-state index contributed by atoms with van der Waals surface area (Å²) in [6.45, 7) is 0. The van der Waals surface area contributed by atoms with Gasteiger partial charge in [0.1, 0.15) is 11.5 Å². The number of methoxy groups -OCH3 is 2. The predicted molar refractivity (Wildman–Crippen MR) is 132 cm³/mol. The summed E-state index contributed by atoms with van der Waals surface area (Å²) >= 11 is 0. The van der Waals surface area contributed by atoms with E-state index in [1.165, 1.54) is 44.5 Å². The lowest BCUT2D eigenvalue weighted by Gasteiger charge is -2.18. The van der Waals surface area contributed by atoms with E-state index < -0.39 is 0 Å². The molecule has 0 N–H and O–H groups in total. The van der Waals surface area contributed by atoms with Crippen molar-refractivity contribution in [1.29, 1.82) is 0 Å². The maximum Gasteiger partial charge on any atom is 0.118 e. The van der Waals surface area contributed by atoms with Crippen LogP contribution in [-0.4, -0.2) is 14.2 Å². The second-order valence-electron chi connectivity index (χ2n) is 8.44. The Morgan fingerprint density at radius 3 is 1.25 bits per heavy atom. The van der Waals surface area contributed by atoms with E-state index in [4.69, 9.17) is 9.47 Å². The molecule has 0 atom stereocenters. The highest BCUT2D eigenvalue weighted by Crippen LogP contribution is 2.32. The van der Waals surface area contributed by atoms with E-state index in [9.17, 15) is 0 Å². The zero-order chi connectivity index (χ0) is 21.9. The summed E-state index contributed by atoms with van der Waals surface area (Å²) in [4.78, 5) is 0. The van der Waals surface area contributed by atoms with Crippen LogP contribution >= 0.6 is 0 Å². The van der Waals surface area contributed by atoms with Gasteiger partial charge in [0.05, 0.1) is 14.2 Å². The summed E-state index contributed by atoms with van der Waals surface area (Å²) in [5.41, 5.74) is 10.7. The van der Waals surface area contributed by atoms with Crippen LogP contribution in [0.15, 0.2) is 84.9 Å². The first-order chi connectivity index (χ1) is 15.7. The molecule has 0 aromatic heterocycles. The molecule has 2 nitrogen and oxygen atoms in total. The fraction of sp³-hybridized carbons (Fsp3) is 0.200. The Balaban J connectivity index is 1.53. The second-order valence-corrected chi connectivity index (χ2v) is 8.44. The van der Waals surface area contributed by atoms with Crippen LogP contribution in [0.4, 0.5) is 0 Å². The maximum absolute atomic E-state index is 5.36. The molecule has 4 bridgehead atoms. The van der Waals surface area contributed by atoms with Crippen LogP contribution in [0.5, 0.6) is 11.5 Å². The van der Waals surface area contributed by atoms with Crippen LogP contribution in [0.25, 0.3) is 22.3 Å². The molecule has 0 amide bonds. The zero-order valence-corrected chi connectivity index (χ0v) is 18.7. The highest BCUT2D eigenvalue weighted by Gasteiger charge is 2.13. The van der Waals surface area contributed by atoms with Gasteiger partial charge in [-0.05, 0) is 94.5 Å². The van der Waals surface area contributed by atoms with E-state index in [-0.39, 0.29) is 0 Å². The van der Waals surface area contributed by atoms with Gasteiger partial charge in [-0.3, -0.25) is 0 Å². The predicted octanol–water partition coefficient (Wildman–Crippen LogP) is 6.92. The first-order valence-electron chi connectivity index (χ1n) is 11.3. The van der Waals surface area contributed by atoms with Crippen LogP contribution in [0.1, 0.15) is 22.3 Å². The fourth-order valence-corrected chi connectivity index (χ4v) is 4.63. The minimum absolute atomic E-state index is 0.893. The van der Waals surface area contributed by atoms with Gasteiger partial charge in [-0.25, -0.2) is 0 Å². The van der Waals surface area contributed by atoms with Crippen molar-refractivity contribution in [2.24, 2.45) is 0 Å². The fourth-order valence-electron chi connectivity index (χ4n) is 4.63. The van der Waals surface area contributed by atoms with Crippen LogP contribution in [0.3, 0.4) is 0 Å². The lowest BCUT2D eigenvalue weighted by Crippen LogP contribution is -2.02. The summed E-state index contributed by atoms with van der Waals surface area (Å²) in [5, 5.41) is 0. The van der Waals surface area contributed by atoms with Crippen LogP contribution in [0, 0.1) is 0 Å². The summed E-state index contributed by atoms with van der Waals surface area (Å²) in [5.74, 6) is 1.79. The molecule has 32 heavy (non-hydrogen) atoms. The molecule has 0 saturated carbocycles. The lowest BCUT2D eigenvalue weighted by atomic mass is 9.87. The molecule has 0 unspecified atom stereocenters. The summed E-state index contributed by atoms with van der Waals surface area (Å²) in [6, 6.07) is 30.9. The summed E-state index contributed by atoms with van der Waals surface area (Å²) in [7, 11) is 3.43. The van der Waals surface area contributed by atoms with Crippen molar-refractivity contribution in [2.45, 2.75) is 25.7 Å². The number of ether oxygens (including phenoxy) is 2. The third kappa shape index (κ3) is 4.13. The van der Waals surface area contributed by atoms with Crippen molar-refractivity contribution in [2.75, 3.05) is 14.2 Å². The first kappa shape index (κ1) is 20.4. The van der Waals surface area contributed by atoms with E-state index in [1.54, 1.807) is 14.2 Å². The van der Waals surface area contributed by atoms with Crippen molar-refractivity contribution in [3.63, 3.8) is 0 Å². The average molecular weight is 421 g/mol. The molecule has 0 aliphatic heterocycles. The zero-order valence-electron chi connectivity index (χ0n) is 18.7. The Hall–Kier alpha value is -3.52. The Morgan fingerprint density at radius 1 is 0.469 bits per heavy atom. The smallest absolute Gasteiger partial charge is 0.118 e. The van der Waals surface area contributed by atoms with E-state index in [2.05, 4.69) is 84.9 Å². The molecule has 4 aromatic carbocycles. The molecule has 160 valence electrons. The highest BCUT2D eigenvalue weighted by molar-refractivity contribution is 5.71. The van der Waals surface area contributed by atoms with Crippen LogP contribution < -0.4 is 9.47 Å². The largest absolute Gasteiger partial charge is 0.497 e. The normalized spacial score (nSPS) is 12.8. The molecular formula is C30H28O2. The van der Waals surface area contributed by atoms with E-state index in [0.717, 1.165) is 37.2 Å². The molecule has 0 spiro atoms. The van der Waals surface area contributed by atoms with Gasteiger partial charge >= 0.3 is 0 Å². The molecule has 0 saturated heterocycles. The van der Waals surface area contributed by atoms with Crippen molar-refractivity contribution in [1.82, 2.24) is 0 Å². The van der Waals surface area contributed by atoms with Crippen LogP contribution in [0.2, 0.25) is 0 Å². The molecular weight excluding hydrogens is 392 g/mol.